The quantitative estimate of drug-likeness (QED) is 0.122. The Morgan fingerprint density at radius 2 is 1.52 bits per heavy atom. The second-order valence-electron chi connectivity index (χ2n) is 12.8. The van der Waals surface area contributed by atoms with Crippen molar-refractivity contribution in [2.45, 2.75) is 125 Å². The molecule has 0 aliphatic rings. The lowest BCUT2D eigenvalue weighted by atomic mass is 9.76. The van der Waals surface area contributed by atoms with Gasteiger partial charge in [0.25, 0.3) is 0 Å². The average Bonchev–Trinajstić information content (AvgIpc) is 3.04. The SMILES string of the molecule is CC=C(C)C(C)C(=C(C)CCCC(CC)c1cccc(CCCC(=O)CCCc2ccccc2)c1)C(C#N)C(=N)C(C)CC. The third-order valence-corrected chi connectivity index (χ3v) is 9.70. The number of allylic oxidation sites excluding steroid dienone is 4. The highest BCUT2D eigenvalue weighted by atomic mass is 16.1. The van der Waals surface area contributed by atoms with Gasteiger partial charge in [0.2, 0.25) is 0 Å². The van der Waals surface area contributed by atoms with Crippen LogP contribution in [0.3, 0.4) is 0 Å². The van der Waals surface area contributed by atoms with Crippen LogP contribution in [0.15, 0.2) is 77.4 Å². The topological polar surface area (TPSA) is 64.7 Å². The van der Waals surface area contributed by atoms with E-state index in [0.29, 0.717) is 30.3 Å². The van der Waals surface area contributed by atoms with Crippen molar-refractivity contribution in [2.24, 2.45) is 17.8 Å². The Bertz CT molecular complexity index is 1280. The number of carbonyl (C=O) groups excluding carboxylic acids is 1. The Balaban J connectivity index is 1.99. The van der Waals surface area contributed by atoms with Crippen molar-refractivity contribution in [3.63, 3.8) is 0 Å². The number of aryl methyl sites for hydroxylation is 2. The van der Waals surface area contributed by atoms with E-state index >= 15 is 0 Å². The van der Waals surface area contributed by atoms with Crippen LogP contribution < -0.4 is 0 Å². The van der Waals surface area contributed by atoms with Gasteiger partial charge in [0.15, 0.2) is 0 Å². The van der Waals surface area contributed by atoms with Gasteiger partial charge in [0.05, 0.1) is 6.07 Å². The van der Waals surface area contributed by atoms with E-state index in [1.54, 1.807) is 0 Å². The third-order valence-electron chi connectivity index (χ3n) is 9.70. The summed E-state index contributed by atoms with van der Waals surface area (Å²) in [6.07, 6.45) is 12.3. The van der Waals surface area contributed by atoms with Crippen molar-refractivity contribution in [2.75, 3.05) is 0 Å². The van der Waals surface area contributed by atoms with Crippen molar-refractivity contribution in [1.82, 2.24) is 0 Å². The molecule has 2 aromatic carbocycles. The van der Waals surface area contributed by atoms with E-state index in [9.17, 15) is 10.1 Å². The fourth-order valence-corrected chi connectivity index (χ4v) is 6.29. The molecule has 3 nitrogen and oxygen atoms in total. The minimum atomic E-state index is -0.454. The number of ketones is 1. The van der Waals surface area contributed by atoms with E-state index in [-0.39, 0.29) is 11.8 Å². The molecule has 0 radical (unpaired) electrons. The number of rotatable bonds is 20. The highest BCUT2D eigenvalue weighted by Crippen LogP contribution is 2.35. The van der Waals surface area contributed by atoms with E-state index in [2.05, 4.69) is 109 Å². The fraction of sp³-hybridized carbons (Fsp3) is 0.537. The largest absolute Gasteiger partial charge is 0.308 e. The van der Waals surface area contributed by atoms with E-state index in [4.69, 9.17) is 5.41 Å². The number of nitrogens with one attached hydrogen (secondary N) is 1. The summed E-state index contributed by atoms with van der Waals surface area (Å²) < 4.78 is 0. The molecule has 0 bridgehead atoms. The van der Waals surface area contributed by atoms with Gasteiger partial charge in [0.1, 0.15) is 11.7 Å². The molecule has 4 unspecified atom stereocenters. The molecule has 44 heavy (non-hydrogen) atoms. The summed E-state index contributed by atoms with van der Waals surface area (Å²) in [5, 5.41) is 19.0. The zero-order valence-corrected chi connectivity index (χ0v) is 28.7. The molecule has 0 heterocycles. The summed E-state index contributed by atoms with van der Waals surface area (Å²) in [5.41, 5.74) is 8.25. The van der Waals surface area contributed by atoms with Crippen LogP contribution in [0.1, 0.15) is 129 Å². The Morgan fingerprint density at radius 3 is 2.11 bits per heavy atom. The highest BCUT2D eigenvalue weighted by Gasteiger charge is 2.28. The van der Waals surface area contributed by atoms with Crippen molar-refractivity contribution in [3.05, 3.63) is 94.1 Å². The maximum absolute atomic E-state index is 12.5. The van der Waals surface area contributed by atoms with Gasteiger partial charge in [0, 0.05) is 18.6 Å². The first kappa shape index (κ1) is 36.9. The van der Waals surface area contributed by atoms with Crippen LogP contribution in [0, 0.1) is 34.5 Å². The third kappa shape index (κ3) is 11.7. The van der Waals surface area contributed by atoms with Gasteiger partial charge in [-0.1, -0.05) is 99.5 Å². The van der Waals surface area contributed by atoms with Crippen molar-refractivity contribution in [1.29, 1.82) is 10.7 Å². The smallest absolute Gasteiger partial charge is 0.132 e. The molecule has 2 rings (SSSR count). The van der Waals surface area contributed by atoms with E-state index in [0.717, 1.165) is 63.4 Å². The van der Waals surface area contributed by atoms with Crippen molar-refractivity contribution < 1.29 is 4.79 Å². The second kappa shape index (κ2) is 19.9. The Hall–Kier alpha value is -3.25. The van der Waals surface area contributed by atoms with Crippen molar-refractivity contribution >= 4 is 11.5 Å². The van der Waals surface area contributed by atoms with Crippen LogP contribution in [0.25, 0.3) is 0 Å². The van der Waals surface area contributed by atoms with E-state index in [1.807, 2.05) is 6.07 Å². The zero-order valence-electron chi connectivity index (χ0n) is 28.7. The number of Topliss-reactive ketones (excluding diaryl/α,β-unsaturated/α-hetero) is 1. The molecular weight excluding hydrogens is 536 g/mol. The predicted molar refractivity (Wildman–Crippen MR) is 188 cm³/mol. The number of hydrogen-bond acceptors (Lipinski definition) is 3. The molecule has 3 heteroatoms. The number of nitriles is 1. The summed E-state index contributed by atoms with van der Waals surface area (Å²) in [6.45, 7) is 15.0. The molecule has 1 N–H and O–H groups in total. The first-order valence-corrected chi connectivity index (χ1v) is 17.1. The van der Waals surface area contributed by atoms with Gasteiger partial charge in [-0.2, -0.15) is 5.26 Å². The first-order valence-electron chi connectivity index (χ1n) is 17.1. The first-order chi connectivity index (χ1) is 21.2. The lowest BCUT2D eigenvalue weighted by molar-refractivity contribution is -0.119. The van der Waals surface area contributed by atoms with Gasteiger partial charge in [-0.3, -0.25) is 4.79 Å². The monoisotopic (exact) mass is 594 g/mol. The summed E-state index contributed by atoms with van der Waals surface area (Å²) in [4.78, 5) is 12.5. The zero-order chi connectivity index (χ0) is 32.5. The van der Waals surface area contributed by atoms with Gasteiger partial charge in [-0.15, -0.1) is 0 Å². The van der Waals surface area contributed by atoms with E-state index in [1.165, 1.54) is 27.8 Å². The Labute approximate surface area is 269 Å². The van der Waals surface area contributed by atoms with Crippen LogP contribution in [-0.4, -0.2) is 11.5 Å². The summed E-state index contributed by atoms with van der Waals surface area (Å²) >= 11 is 0. The van der Waals surface area contributed by atoms with Crippen LogP contribution in [-0.2, 0) is 17.6 Å². The number of nitrogens with zero attached hydrogens (tertiary/aromatic N) is 1. The standard InChI is InChI=1S/C41H58N2O/c1-8-30(4)33(7)40(39(29-42)41(43)31(5)9-2)32(6)18-14-24-36(10-3)37-25-15-22-35(28-37)23-17-27-38(44)26-16-21-34-19-12-11-13-20-34/h8,11-13,15,19-20,22,25,28,31,33,36,39,43H,9-10,14,16-18,21,23-24,26-27H2,1-7H3. The predicted octanol–water partition coefficient (Wildman–Crippen LogP) is 11.4. The van der Waals surface area contributed by atoms with E-state index < -0.39 is 5.92 Å². The minimum absolute atomic E-state index is 0.107. The molecule has 0 spiro atoms. The van der Waals surface area contributed by atoms with Crippen LogP contribution in [0.4, 0.5) is 0 Å². The maximum atomic E-state index is 12.5. The lowest BCUT2D eigenvalue weighted by Gasteiger charge is -2.27. The molecule has 0 aromatic heterocycles. The number of benzene rings is 2. The van der Waals surface area contributed by atoms with Crippen molar-refractivity contribution in [3.8, 4) is 6.07 Å². The lowest BCUT2D eigenvalue weighted by Crippen LogP contribution is -2.25. The number of carbonyl (C=O) groups is 1. The summed E-state index contributed by atoms with van der Waals surface area (Å²) in [6, 6.07) is 21.9. The second-order valence-corrected chi connectivity index (χ2v) is 12.8. The van der Waals surface area contributed by atoms with Gasteiger partial charge < -0.3 is 5.41 Å². The molecule has 0 aliphatic carbocycles. The average molecular weight is 595 g/mol. The Kier molecular flexibility index (Phi) is 16.7. The Morgan fingerprint density at radius 1 is 0.886 bits per heavy atom. The molecule has 4 atom stereocenters. The van der Waals surface area contributed by atoms with Crippen LogP contribution in [0.5, 0.6) is 0 Å². The number of hydrogen-bond donors (Lipinski definition) is 1. The molecule has 2 aromatic rings. The molecule has 0 saturated heterocycles. The summed E-state index contributed by atoms with van der Waals surface area (Å²) in [5.74, 6) is 0.677. The molecule has 0 amide bonds. The van der Waals surface area contributed by atoms with Gasteiger partial charge in [-0.05, 0) is 119 Å². The normalized spacial score (nSPS) is 15.1. The maximum Gasteiger partial charge on any atom is 0.132 e. The van der Waals surface area contributed by atoms with Gasteiger partial charge in [-0.25, -0.2) is 0 Å². The van der Waals surface area contributed by atoms with Crippen LogP contribution >= 0.6 is 0 Å². The molecule has 0 saturated carbocycles. The van der Waals surface area contributed by atoms with Gasteiger partial charge >= 0.3 is 0 Å². The summed E-state index contributed by atoms with van der Waals surface area (Å²) in [7, 11) is 0. The highest BCUT2D eigenvalue weighted by molar-refractivity contribution is 5.90. The molecular formula is C41H58N2O. The fourth-order valence-electron chi connectivity index (χ4n) is 6.29. The van der Waals surface area contributed by atoms with Crippen LogP contribution in [0.2, 0.25) is 0 Å². The molecule has 238 valence electrons. The minimum Gasteiger partial charge on any atom is -0.308 e. The molecule has 0 fully saturated rings. The molecule has 0 aliphatic heterocycles.